The summed E-state index contributed by atoms with van der Waals surface area (Å²) in [4.78, 5) is 25.1. The molecule has 0 radical (unpaired) electrons. The van der Waals surface area contributed by atoms with Crippen LogP contribution in [0.25, 0.3) is 0 Å². The Hall–Kier alpha value is -2.94. The first-order valence-corrected chi connectivity index (χ1v) is 9.57. The quantitative estimate of drug-likeness (QED) is 0.579. The summed E-state index contributed by atoms with van der Waals surface area (Å²) in [5.41, 5.74) is 5.28. The van der Waals surface area contributed by atoms with Crippen molar-refractivity contribution in [2.75, 3.05) is 27.9 Å². The van der Waals surface area contributed by atoms with Crippen LogP contribution in [0.3, 0.4) is 0 Å². The summed E-state index contributed by atoms with van der Waals surface area (Å²) in [6, 6.07) is 8.05. The van der Waals surface area contributed by atoms with E-state index in [2.05, 4.69) is 26.8 Å². The van der Waals surface area contributed by atoms with Crippen molar-refractivity contribution < 1.29 is 28.5 Å². The third kappa shape index (κ3) is 5.54. The second kappa shape index (κ2) is 10.6. The standard InChI is InChI=1S/C20H23BrN2O6/c1-5-8-29-15-7-6-13(21)11-14(15)20(25)23-22-19(24)12-9-16(26-2)18(28-4)17(10-12)27-3/h6-7,9-11H,5,8H2,1-4H3,(H,22,24)(H,23,25). The van der Waals surface area contributed by atoms with E-state index in [1.807, 2.05) is 6.92 Å². The predicted octanol–water partition coefficient (Wildman–Crippen LogP) is 3.34. The topological polar surface area (TPSA) is 95.1 Å². The Kier molecular flexibility index (Phi) is 8.14. The monoisotopic (exact) mass is 466 g/mol. The molecule has 2 amide bonds. The summed E-state index contributed by atoms with van der Waals surface area (Å²) in [7, 11) is 4.37. The molecule has 2 rings (SSSR count). The zero-order chi connectivity index (χ0) is 21.4. The van der Waals surface area contributed by atoms with Crippen LogP contribution in [0, 0.1) is 0 Å². The zero-order valence-corrected chi connectivity index (χ0v) is 18.2. The summed E-state index contributed by atoms with van der Waals surface area (Å²) >= 11 is 3.33. The van der Waals surface area contributed by atoms with Crippen molar-refractivity contribution in [3.63, 3.8) is 0 Å². The molecule has 0 aliphatic carbocycles. The fraction of sp³-hybridized carbons (Fsp3) is 0.300. The zero-order valence-electron chi connectivity index (χ0n) is 16.6. The van der Waals surface area contributed by atoms with E-state index in [-0.39, 0.29) is 11.1 Å². The van der Waals surface area contributed by atoms with Gasteiger partial charge in [-0.05, 0) is 36.8 Å². The summed E-state index contributed by atoms with van der Waals surface area (Å²) in [6.45, 7) is 2.44. The first-order chi connectivity index (χ1) is 13.9. The molecule has 0 aliphatic rings. The molecule has 156 valence electrons. The molecule has 0 spiro atoms. The Bertz CT molecular complexity index is 862. The largest absolute Gasteiger partial charge is 0.493 e. The molecule has 0 aliphatic heterocycles. The molecule has 2 aromatic carbocycles. The van der Waals surface area contributed by atoms with Gasteiger partial charge in [0.1, 0.15) is 5.75 Å². The van der Waals surface area contributed by atoms with Gasteiger partial charge in [0.05, 0.1) is 33.5 Å². The number of amides is 2. The van der Waals surface area contributed by atoms with Crippen LogP contribution in [0.1, 0.15) is 34.1 Å². The molecule has 0 atom stereocenters. The molecule has 8 nitrogen and oxygen atoms in total. The number of halogens is 1. The minimum Gasteiger partial charge on any atom is -0.493 e. The number of hydrogen-bond donors (Lipinski definition) is 2. The van der Waals surface area contributed by atoms with Gasteiger partial charge in [-0.25, -0.2) is 0 Å². The lowest BCUT2D eigenvalue weighted by atomic mass is 10.1. The maximum absolute atomic E-state index is 12.6. The van der Waals surface area contributed by atoms with Gasteiger partial charge in [0.25, 0.3) is 11.8 Å². The lowest BCUT2D eigenvalue weighted by Gasteiger charge is -2.15. The Morgan fingerprint density at radius 3 is 2.07 bits per heavy atom. The van der Waals surface area contributed by atoms with Gasteiger partial charge in [-0.15, -0.1) is 0 Å². The van der Waals surface area contributed by atoms with E-state index in [1.165, 1.54) is 33.5 Å². The fourth-order valence-corrected chi connectivity index (χ4v) is 2.84. The molecule has 2 aromatic rings. The minimum absolute atomic E-state index is 0.219. The Labute approximate surface area is 177 Å². The molecular formula is C20H23BrN2O6. The van der Waals surface area contributed by atoms with Crippen LogP contribution in [0.4, 0.5) is 0 Å². The first kappa shape index (κ1) is 22.4. The number of hydrazine groups is 1. The van der Waals surface area contributed by atoms with Crippen molar-refractivity contribution in [2.24, 2.45) is 0 Å². The van der Waals surface area contributed by atoms with Gasteiger partial charge in [0.15, 0.2) is 11.5 Å². The number of carbonyl (C=O) groups excluding carboxylic acids is 2. The highest BCUT2D eigenvalue weighted by Crippen LogP contribution is 2.38. The molecule has 0 bridgehead atoms. The van der Waals surface area contributed by atoms with Crippen LogP contribution >= 0.6 is 15.9 Å². The minimum atomic E-state index is -0.552. The van der Waals surface area contributed by atoms with E-state index in [9.17, 15) is 9.59 Å². The first-order valence-electron chi connectivity index (χ1n) is 8.78. The Balaban J connectivity index is 2.17. The molecule has 0 unspecified atom stereocenters. The lowest BCUT2D eigenvalue weighted by molar-refractivity contribution is 0.0844. The maximum Gasteiger partial charge on any atom is 0.273 e. The predicted molar refractivity (Wildman–Crippen MR) is 111 cm³/mol. The summed E-state index contributed by atoms with van der Waals surface area (Å²) in [5.74, 6) is 0.370. The number of nitrogens with one attached hydrogen (secondary N) is 2. The van der Waals surface area contributed by atoms with E-state index >= 15 is 0 Å². The van der Waals surface area contributed by atoms with Crippen molar-refractivity contribution in [1.29, 1.82) is 0 Å². The second-order valence-corrected chi connectivity index (χ2v) is 6.73. The van der Waals surface area contributed by atoms with Crippen LogP contribution < -0.4 is 29.8 Å². The second-order valence-electron chi connectivity index (χ2n) is 5.81. The van der Waals surface area contributed by atoms with Crippen molar-refractivity contribution in [2.45, 2.75) is 13.3 Å². The molecule has 0 aromatic heterocycles. The van der Waals surface area contributed by atoms with Crippen molar-refractivity contribution in [1.82, 2.24) is 10.9 Å². The summed E-state index contributed by atoms with van der Waals surface area (Å²) < 4.78 is 22.0. The number of rotatable bonds is 8. The third-order valence-electron chi connectivity index (χ3n) is 3.86. The third-order valence-corrected chi connectivity index (χ3v) is 4.36. The van der Waals surface area contributed by atoms with E-state index in [4.69, 9.17) is 18.9 Å². The molecule has 9 heteroatoms. The molecule has 0 saturated heterocycles. The highest BCUT2D eigenvalue weighted by molar-refractivity contribution is 9.10. The van der Waals surface area contributed by atoms with Gasteiger partial charge in [-0.3, -0.25) is 20.4 Å². The summed E-state index contributed by atoms with van der Waals surface area (Å²) in [5, 5.41) is 0. The van der Waals surface area contributed by atoms with Crippen molar-refractivity contribution >= 4 is 27.7 Å². The number of carbonyl (C=O) groups is 2. The van der Waals surface area contributed by atoms with Crippen molar-refractivity contribution in [3.8, 4) is 23.0 Å². The van der Waals surface area contributed by atoms with Crippen molar-refractivity contribution in [3.05, 3.63) is 45.9 Å². The molecule has 0 heterocycles. The van der Waals surface area contributed by atoms with E-state index < -0.39 is 11.8 Å². The smallest absolute Gasteiger partial charge is 0.273 e. The van der Waals surface area contributed by atoms with Crippen LogP contribution in [0.2, 0.25) is 0 Å². The number of ether oxygens (including phenoxy) is 4. The van der Waals surface area contributed by atoms with Crippen LogP contribution in [-0.4, -0.2) is 39.8 Å². The molecule has 0 saturated carbocycles. The molecule has 29 heavy (non-hydrogen) atoms. The Morgan fingerprint density at radius 2 is 1.52 bits per heavy atom. The van der Waals surface area contributed by atoms with Gasteiger partial charge in [0.2, 0.25) is 5.75 Å². The molecule has 0 fully saturated rings. The number of hydrogen-bond acceptors (Lipinski definition) is 6. The van der Waals surface area contributed by atoms with Crippen LogP contribution in [0.15, 0.2) is 34.8 Å². The van der Waals surface area contributed by atoms with Crippen LogP contribution in [-0.2, 0) is 0 Å². The molecular weight excluding hydrogens is 444 g/mol. The van der Waals surface area contributed by atoms with Gasteiger partial charge >= 0.3 is 0 Å². The van der Waals surface area contributed by atoms with Gasteiger partial charge in [0, 0.05) is 10.0 Å². The van der Waals surface area contributed by atoms with Crippen LogP contribution in [0.5, 0.6) is 23.0 Å². The lowest BCUT2D eigenvalue weighted by Crippen LogP contribution is -2.41. The van der Waals surface area contributed by atoms with Gasteiger partial charge in [-0.2, -0.15) is 0 Å². The number of methoxy groups -OCH3 is 3. The normalized spacial score (nSPS) is 10.1. The van der Waals surface area contributed by atoms with Gasteiger partial charge < -0.3 is 18.9 Å². The highest BCUT2D eigenvalue weighted by Gasteiger charge is 2.19. The van der Waals surface area contributed by atoms with Gasteiger partial charge in [-0.1, -0.05) is 22.9 Å². The number of benzene rings is 2. The maximum atomic E-state index is 12.6. The Morgan fingerprint density at radius 1 is 0.897 bits per heavy atom. The molecule has 2 N–H and O–H groups in total. The fourth-order valence-electron chi connectivity index (χ4n) is 2.48. The SMILES string of the molecule is CCCOc1ccc(Br)cc1C(=O)NNC(=O)c1cc(OC)c(OC)c(OC)c1. The van der Waals surface area contributed by atoms with E-state index in [0.717, 1.165) is 6.42 Å². The summed E-state index contributed by atoms with van der Waals surface area (Å²) in [6.07, 6.45) is 0.801. The van der Waals surface area contributed by atoms with E-state index in [0.29, 0.717) is 34.1 Å². The van der Waals surface area contributed by atoms with E-state index in [1.54, 1.807) is 18.2 Å². The average molecular weight is 467 g/mol. The highest BCUT2D eigenvalue weighted by atomic mass is 79.9. The average Bonchev–Trinajstić information content (AvgIpc) is 2.74.